The van der Waals surface area contributed by atoms with Gasteiger partial charge in [-0.3, -0.25) is 14.2 Å². The first-order chi connectivity index (χ1) is 17.1. The van der Waals surface area contributed by atoms with Gasteiger partial charge in [0, 0.05) is 31.6 Å². The number of fused-ring (bicyclic) bond motifs is 3. The number of nitrogens with zero attached hydrogens (tertiary/aromatic N) is 3. The van der Waals surface area contributed by atoms with E-state index in [9.17, 15) is 9.59 Å². The number of aryl methyl sites for hydroxylation is 1. The lowest BCUT2D eigenvalue weighted by Crippen LogP contribution is -2.36. The van der Waals surface area contributed by atoms with Gasteiger partial charge in [0.15, 0.2) is 11.5 Å². The highest BCUT2D eigenvalue weighted by Gasteiger charge is 2.25. The molecule has 1 aromatic heterocycles. The first kappa shape index (κ1) is 23.4. The van der Waals surface area contributed by atoms with Crippen LogP contribution in [-0.2, 0) is 25.9 Å². The monoisotopic (exact) mass is 475 g/mol. The highest BCUT2D eigenvalue weighted by molar-refractivity contribution is 5.97. The molecule has 0 N–H and O–H groups in total. The molecule has 0 fully saturated rings. The Bertz CT molecular complexity index is 1310. The predicted octanol–water partition coefficient (Wildman–Crippen LogP) is 4.51. The number of amides is 1. The molecule has 5 rings (SSSR count). The molecule has 3 aromatic rings. The smallest absolute Gasteiger partial charge is 0.261 e. The van der Waals surface area contributed by atoms with Crippen LogP contribution in [0.2, 0.25) is 0 Å². The molecule has 0 radical (unpaired) electrons. The Morgan fingerprint density at radius 2 is 1.66 bits per heavy atom. The van der Waals surface area contributed by atoms with Crippen molar-refractivity contribution in [3.8, 4) is 11.5 Å². The lowest BCUT2D eigenvalue weighted by Gasteiger charge is -2.30. The highest BCUT2D eigenvalue weighted by atomic mass is 16.5. The molecule has 0 spiro atoms. The van der Waals surface area contributed by atoms with Gasteiger partial charge in [-0.2, -0.15) is 0 Å². The third-order valence-electron chi connectivity index (χ3n) is 6.98. The second kappa shape index (κ2) is 10.1. The minimum absolute atomic E-state index is 0.00588. The number of benzene rings is 2. The summed E-state index contributed by atoms with van der Waals surface area (Å²) in [6, 6.07) is 9.38. The van der Waals surface area contributed by atoms with Crippen molar-refractivity contribution in [3.05, 3.63) is 63.2 Å². The van der Waals surface area contributed by atoms with Crippen molar-refractivity contribution in [1.29, 1.82) is 0 Å². The zero-order chi connectivity index (χ0) is 24.4. The third kappa shape index (κ3) is 4.64. The van der Waals surface area contributed by atoms with E-state index in [0.29, 0.717) is 48.5 Å². The third-order valence-corrected chi connectivity index (χ3v) is 6.98. The van der Waals surface area contributed by atoms with Crippen LogP contribution in [0.25, 0.3) is 10.9 Å². The highest BCUT2D eigenvalue weighted by Crippen LogP contribution is 2.34. The second-order valence-corrected chi connectivity index (χ2v) is 9.29. The van der Waals surface area contributed by atoms with Gasteiger partial charge in [-0.15, -0.1) is 0 Å². The van der Waals surface area contributed by atoms with Crippen molar-refractivity contribution in [2.24, 2.45) is 0 Å². The molecular formula is C28H33N3O4. The predicted molar refractivity (Wildman–Crippen MR) is 135 cm³/mol. The Balaban J connectivity index is 1.43. The van der Waals surface area contributed by atoms with E-state index < -0.39 is 0 Å². The van der Waals surface area contributed by atoms with E-state index in [2.05, 4.69) is 0 Å². The molecule has 2 aromatic carbocycles. The summed E-state index contributed by atoms with van der Waals surface area (Å²) in [7, 11) is 0. The topological polar surface area (TPSA) is 73.7 Å². The first-order valence-electron chi connectivity index (χ1n) is 12.8. The van der Waals surface area contributed by atoms with Crippen LogP contribution in [0, 0.1) is 0 Å². The van der Waals surface area contributed by atoms with Gasteiger partial charge in [0.1, 0.15) is 5.82 Å². The molecule has 0 atom stereocenters. The average molecular weight is 476 g/mol. The van der Waals surface area contributed by atoms with Gasteiger partial charge >= 0.3 is 0 Å². The van der Waals surface area contributed by atoms with Crippen molar-refractivity contribution in [2.45, 2.75) is 65.5 Å². The molecular weight excluding hydrogens is 442 g/mol. The molecule has 0 saturated heterocycles. The van der Waals surface area contributed by atoms with Crippen LogP contribution in [0.5, 0.6) is 11.5 Å². The Kier molecular flexibility index (Phi) is 6.75. The van der Waals surface area contributed by atoms with Gasteiger partial charge in [-0.25, -0.2) is 4.98 Å². The van der Waals surface area contributed by atoms with Gasteiger partial charge in [0.05, 0.1) is 24.1 Å². The molecule has 184 valence electrons. The summed E-state index contributed by atoms with van der Waals surface area (Å²) in [5.74, 6) is 2.27. The average Bonchev–Trinajstić information content (AvgIpc) is 2.85. The van der Waals surface area contributed by atoms with Crippen LogP contribution in [0.15, 0.2) is 35.1 Å². The van der Waals surface area contributed by atoms with Gasteiger partial charge in [-0.1, -0.05) is 12.8 Å². The van der Waals surface area contributed by atoms with Gasteiger partial charge in [0.2, 0.25) is 0 Å². The SMILES string of the molecule is CCOc1cc2c(cc1OCC)CN(C(=O)c1ccc3c(=O)n4c(nc3c1)CCCCCC4)CC2. The molecule has 1 amide bonds. The van der Waals surface area contributed by atoms with E-state index in [1.807, 2.05) is 35.4 Å². The van der Waals surface area contributed by atoms with Crippen molar-refractivity contribution in [1.82, 2.24) is 14.5 Å². The fourth-order valence-corrected chi connectivity index (χ4v) is 5.18. The summed E-state index contributed by atoms with van der Waals surface area (Å²) in [6.07, 6.45) is 5.92. The van der Waals surface area contributed by atoms with E-state index in [0.717, 1.165) is 55.8 Å². The van der Waals surface area contributed by atoms with Gasteiger partial charge in [-0.05, 0) is 74.6 Å². The maximum absolute atomic E-state index is 13.5. The van der Waals surface area contributed by atoms with Crippen molar-refractivity contribution >= 4 is 16.8 Å². The summed E-state index contributed by atoms with van der Waals surface area (Å²) in [5.41, 5.74) is 3.46. The number of rotatable bonds is 5. The van der Waals surface area contributed by atoms with Crippen molar-refractivity contribution < 1.29 is 14.3 Å². The number of hydrogen-bond acceptors (Lipinski definition) is 5. The molecule has 0 saturated carbocycles. The van der Waals surface area contributed by atoms with Crippen LogP contribution in [-0.4, -0.2) is 40.1 Å². The maximum Gasteiger partial charge on any atom is 0.261 e. The number of aromatic nitrogens is 2. The zero-order valence-electron chi connectivity index (χ0n) is 20.6. The summed E-state index contributed by atoms with van der Waals surface area (Å²) in [6.45, 7) is 6.90. The van der Waals surface area contributed by atoms with E-state index in [-0.39, 0.29) is 11.5 Å². The summed E-state index contributed by atoms with van der Waals surface area (Å²) in [5, 5.41) is 0.583. The fourth-order valence-electron chi connectivity index (χ4n) is 5.18. The van der Waals surface area contributed by atoms with Gasteiger partial charge in [0.25, 0.3) is 11.5 Å². The lowest BCUT2D eigenvalue weighted by molar-refractivity contribution is 0.0734. The molecule has 0 aliphatic carbocycles. The Hall–Kier alpha value is -3.35. The quantitative estimate of drug-likeness (QED) is 0.543. The first-order valence-corrected chi connectivity index (χ1v) is 12.8. The molecule has 0 bridgehead atoms. The molecule has 7 nitrogen and oxygen atoms in total. The summed E-state index contributed by atoms with van der Waals surface area (Å²) < 4.78 is 13.4. The van der Waals surface area contributed by atoms with E-state index in [1.165, 1.54) is 12.0 Å². The van der Waals surface area contributed by atoms with Crippen LogP contribution in [0.3, 0.4) is 0 Å². The van der Waals surface area contributed by atoms with Crippen LogP contribution in [0.4, 0.5) is 0 Å². The minimum atomic E-state index is -0.0435. The summed E-state index contributed by atoms with van der Waals surface area (Å²) >= 11 is 0. The molecule has 3 heterocycles. The zero-order valence-corrected chi connectivity index (χ0v) is 20.6. The maximum atomic E-state index is 13.5. The summed E-state index contributed by atoms with van der Waals surface area (Å²) in [4.78, 5) is 33.3. The van der Waals surface area contributed by atoms with Gasteiger partial charge < -0.3 is 14.4 Å². The fraction of sp³-hybridized carbons (Fsp3) is 0.464. The minimum Gasteiger partial charge on any atom is -0.490 e. The molecule has 35 heavy (non-hydrogen) atoms. The van der Waals surface area contributed by atoms with Crippen LogP contribution in [0.1, 0.15) is 66.8 Å². The lowest BCUT2D eigenvalue weighted by atomic mass is 9.98. The molecule has 2 aliphatic rings. The van der Waals surface area contributed by atoms with E-state index in [4.69, 9.17) is 14.5 Å². The number of carbonyl (C=O) groups excluding carboxylic acids is 1. The molecule has 7 heteroatoms. The Morgan fingerprint density at radius 1 is 0.914 bits per heavy atom. The van der Waals surface area contributed by atoms with Crippen molar-refractivity contribution in [3.63, 3.8) is 0 Å². The standard InChI is InChI=1S/C28H33N3O4/c1-3-34-24-16-19-12-14-30(18-21(19)17-25(24)35-4-2)27(32)20-10-11-22-23(15-20)29-26-9-7-5-6-8-13-31(26)28(22)33/h10-11,15-17H,3-9,12-14,18H2,1-2H3. The number of carbonyl (C=O) groups is 1. The van der Waals surface area contributed by atoms with E-state index >= 15 is 0 Å². The Labute approximate surface area is 205 Å². The number of hydrogen-bond donors (Lipinski definition) is 0. The van der Waals surface area contributed by atoms with Crippen LogP contribution >= 0.6 is 0 Å². The molecule has 2 aliphatic heterocycles. The normalized spacial score (nSPS) is 15.7. The number of ether oxygens (including phenoxy) is 2. The molecule has 0 unspecified atom stereocenters. The second-order valence-electron chi connectivity index (χ2n) is 9.29. The largest absolute Gasteiger partial charge is 0.490 e. The Morgan fingerprint density at radius 3 is 2.43 bits per heavy atom. The van der Waals surface area contributed by atoms with Crippen molar-refractivity contribution in [2.75, 3.05) is 19.8 Å². The van der Waals surface area contributed by atoms with Crippen LogP contribution < -0.4 is 15.0 Å². The van der Waals surface area contributed by atoms with E-state index in [1.54, 1.807) is 18.2 Å².